The summed E-state index contributed by atoms with van der Waals surface area (Å²) in [4.78, 5) is 9.35. The van der Waals surface area contributed by atoms with Crippen molar-refractivity contribution < 1.29 is 5.11 Å². The van der Waals surface area contributed by atoms with Crippen LogP contribution in [0.15, 0.2) is 35.7 Å². The Balaban J connectivity index is 1.89. The molecule has 0 spiro atoms. The van der Waals surface area contributed by atoms with Crippen molar-refractivity contribution in [1.82, 2.24) is 9.97 Å². The molecular weight excluding hydrogens is 306 g/mol. The molecule has 1 unspecified atom stereocenters. The minimum absolute atomic E-state index is 0.0395. The maximum Gasteiger partial charge on any atom is 0.132 e. The van der Waals surface area contributed by atoms with E-state index in [2.05, 4.69) is 41.4 Å². The van der Waals surface area contributed by atoms with E-state index in [0.717, 1.165) is 33.0 Å². The molecule has 2 N–H and O–H groups in total. The summed E-state index contributed by atoms with van der Waals surface area (Å²) in [5, 5.41) is 17.3. The molecule has 0 amide bonds. The van der Waals surface area contributed by atoms with Gasteiger partial charge in [0.25, 0.3) is 0 Å². The second-order valence-corrected chi connectivity index (χ2v) is 6.87. The maximum absolute atomic E-state index is 9.64. The van der Waals surface area contributed by atoms with Crippen molar-refractivity contribution in [2.45, 2.75) is 39.3 Å². The third-order valence-corrected chi connectivity index (χ3v) is 4.97. The first kappa shape index (κ1) is 15.9. The normalized spacial score (nSPS) is 12.7. The number of rotatable bonds is 5. The first-order chi connectivity index (χ1) is 11.1. The van der Waals surface area contributed by atoms with Crippen LogP contribution in [0, 0.1) is 0 Å². The average molecular weight is 327 g/mol. The summed E-state index contributed by atoms with van der Waals surface area (Å²) < 4.78 is 0. The highest BCUT2D eigenvalue weighted by molar-refractivity contribution is 7.09. The maximum atomic E-state index is 9.64. The molecule has 4 nitrogen and oxygen atoms in total. The lowest BCUT2D eigenvalue weighted by atomic mass is 10.1. The number of anilines is 1. The van der Waals surface area contributed by atoms with Gasteiger partial charge in [-0.25, -0.2) is 9.97 Å². The van der Waals surface area contributed by atoms with E-state index in [1.54, 1.807) is 11.3 Å². The largest absolute Gasteiger partial charge is 0.392 e. The molecule has 1 atom stereocenters. The predicted octanol–water partition coefficient (Wildman–Crippen LogP) is 4.48. The summed E-state index contributed by atoms with van der Waals surface area (Å²) in [6.07, 6.45) is 0. The van der Waals surface area contributed by atoms with Crippen molar-refractivity contribution in [2.75, 3.05) is 5.32 Å². The van der Waals surface area contributed by atoms with E-state index >= 15 is 0 Å². The Morgan fingerprint density at radius 2 is 1.96 bits per heavy atom. The summed E-state index contributed by atoms with van der Waals surface area (Å²) in [6.45, 7) is 6.32. The SMILES string of the molecule is CC(C)c1nc(C(C)Nc2nc3ccccc3cc2CO)cs1. The number of pyridine rings is 1. The van der Waals surface area contributed by atoms with Crippen LogP contribution in [0.5, 0.6) is 0 Å². The lowest BCUT2D eigenvalue weighted by molar-refractivity contribution is 0.282. The molecule has 120 valence electrons. The Morgan fingerprint density at radius 3 is 2.65 bits per heavy atom. The smallest absolute Gasteiger partial charge is 0.132 e. The number of benzene rings is 1. The summed E-state index contributed by atoms with van der Waals surface area (Å²) in [7, 11) is 0. The van der Waals surface area contributed by atoms with Gasteiger partial charge in [0.15, 0.2) is 0 Å². The molecule has 2 heterocycles. The topological polar surface area (TPSA) is 58.0 Å². The molecule has 0 aliphatic carbocycles. The van der Waals surface area contributed by atoms with Crippen molar-refractivity contribution in [3.8, 4) is 0 Å². The minimum atomic E-state index is -0.0405. The summed E-state index contributed by atoms with van der Waals surface area (Å²) in [5.74, 6) is 1.16. The summed E-state index contributed by atoms with van der Waals surface area (Å²) in [5.41, 5.74) is 2.73. The summed E-state index contributed by atoms with van der Waals surface area (Å²) >= 11 is 1.69. The van der Waals surface area contributed by atoms with Crippen LogP contribution >= 0.6 is 11.3 Å². The molecule has 0 fully saturated rings. The van der Waals surface area contributed by atoms with E-state index in [0.29, 0.717) is 5.92 Å². The van der Waals surface area contributed by atoms with Crippen LogP contribution in [-0.2, 0) is 6.61 Å². The fourth-order valence-electron chi connectivity index (χ4n) is 2.45. The Kier molecular flexibility index (Phi) is 4.59. The van der Waals surface area contributed by atoms with E-state index in [1.807, 2.05) is 30.3 Å². The number of aromatic nitrogens is 2. The molecule has 1 aromatic carbocycles. The first-order valence-corrected chi connectivity index (χ1v) is 8.68. The zero-order valence-corrected chi connectivity index (χ0v) is 14.4. The van der Waals surface area contributed by atoms with Gasteiger partial charge in [-0.3, -0.25) is 0 Å². The number of thiazole rings is 1. The lowest BCUT2D eigenvalue weighted by Crippen LogP contribution is -2.11. The monoisotopic (exact) mass is 327 g/mol. The number of para-hydroxylation sites is 1. The highest BCUT2D eigenvalue weighted by Crippen LogP contribution is 2.27. The molecule has 0 saturated carbocycles. The molecule has 0 aliphatic heterocycles. The van der Waals surface area contributed by atoms with Gasteiger partial charge in [0.1, 0.15) is 5.82 Å². The number of hydrogen-bond acceptors (Lipinski definition) is 5. The quantitative estimate of drug-likeness (QED) is 0.725. The predicted molar refractivity (Wildman–Crippen MR) is 95.9 cm³/mol. The molecular formula is C18H21N3OS. The van der Waals surface area contributed by atoms with Crippen LogP contribution < -0.4 is 5.32 Å². The van der Waals surface area contributed by atoms with Gasteiger partial charge >= 0.3 is 0 Å². The van der Waals surface area contributed by atoms with E-state index in [9.17, 15) is 5.11 Å². The number of fused-ring (bicyclic) bond motifs is 1. The number of nitrogens with zero attached hydrogens (tertiary/aromatic N) is 2. The number of hydrogen-bond donors (Lipinski definition) is 2. The molecule has 3 rings (SSSR count). The molecule has 3 aromatic rings. The highest BCUT2D eigenvalue weighted by Gasteiger charge is 2.14. The van der Waals surface area contributed by atoms with Gasteiger partial charge in [-0.2, -0.15) is 0 Å². The van der Waals surface area contributed by atoms with Gasteiger partial charge in [0.2, 0.25) is 0 Å². The van der Waals surface area contributed by atoms with Crippen LogP contribution in [0.4, 0.5) is 5.82 Å². The third kappa shape index (κ3) is 3.35. The standard InChI is InChI=1S/C18H21N3OS/c1-11(2)18-21-16(10-23-18)12(3)19-17-14(9-22)8-13-6-4-5-7-15(13)20-17/h4-8,10-12,22H,9H2,1-3H3,(H,19,20). The van der Waals surface area contributed by atoms with E-state index in [4.69, 9.17) is 0 Å². The van der Waals surface area contributed by atoms with Gasteiger partial charge in [-0.15, -0.1) is 11.3 Å². The van der Waals surface area contributed by atoms with Gasteiger partial charge in [-0.05, 0) is 19.1 Å². The molecule has 0 aliphatic rings. The third-order valence-electron chi connectivity index (χ3n) is 3.80. The second kappa shape index (κ2) is 6.64. The first-order valence-electron chi connectivity index (χ1n) is 7.80. The van der Waals surface area contributed by atoms with Crippen molar-refractivity contribution in [3.63, 3.8) is 0 Å². The molecule has 0 bridgehead atoms. The van der Waals surface area contributed by atoms with Gasteiger partial charge in [0, 0.05) is 22.2 Å². The van der Waals surface area contributed by atoms with E-state index in [-0.39, 0.29) is 12.6 Å². The zero-order chi connectivity index (χ0) is 16.4. The second-order valence-electron chi connectivity index (χ2n) is 5.98. The van der Waals surface area contributed by atoms with Crippen LogP contribution in [0.3, 0.4) is 0 Å². The van der Waals surface area contributed by atoms with Crippen LogP contribution in [0.25, 0.3) is 10.9 Å². The molecule has 0 saturated heterocycles. The van der Waals surface area contributed by atoms with Crippen LogP contribution in [0.2, 0.25) is 0 Å². The van der Waals surface area contributed by atoms with Gasteiger partial charge < -0.3 is 10.4 Å². The molecule has 5 heteroatoms. The number of nitrogens with one attached hydrogen (secondary N) is 1. The van der Waals surface area contributed by atoms with Crippen molar-refractivity contribution in [2.24, 2.45) is 0 Å². The van der Waals surface area contributed by atoms with Gasteiger partial charge in [-0.1, -0.05) is 32.0 Å². The Bertz CT molecular complexity index is 813. The zero-order valence-electron chi connectivity index (χ0n) is 13.6. The Hall–Kier alpha value is -1.98. The number of aliphatic hydroxyl groups is 1. The fraction of sp³-hybridized carbons (Fsp3) is 0.333. The molecule has 0 radical (unpaired) electrons. The molecule has 23 heavy (non-hydrogen) atoms. The van der Waals surface area contributed by atoms with Crippen LogP contribution in [-0.4, -0.2) is 15.1 Å². The fourth-order valence-corrected chi connectivity index (χ4v) is 3.38. The summed E-state index contributed by atoms with van der Waals surface area (Å²) in [6, 6.07) is 9.95. The van der Waals surface area contributed by atoms with Crippen molar-refractivity contribution in [3.05, 3.63) is 52.0 Å². The van der Waals surface area contributed by atoms with E-state index < -0.39 is 0 Å². The molecule has 2 aromatic heterocycles. The van der Waals surface area contributed by atoms with Crippen molar-refractivity contribution >= 4 is 28.1 Å². The highest BCUT2D eigenvalue weighted by atomic mass is 32.1. The van der Waals surface area contributed by atoms with E-state index in [1.165, 1.54) is 0 Å². The van der Waals surface area contributed by atoms with Crippen LogP contribution in [0.1, 0.15) is 49.0 Å². The Morgan fingerprint density at radius 1 is 1.17 bits per heavy atom. The van der Waals surface area contributed by atoms with Gasteiger partial charge in [0.05, 0.1) is 28.9 Å². The van der Waals surface area contributed by atoms with Crippen molar-refractivity contribution in [1.29, 1.82) is 0 Å². The average Bonchev–Trinajstić information content (AvgIpc) is 3.04. The lowest BCUT2D eigenvalue weighted by Gasteiger charge is -2.16. The minimum Gasteiger partial charge on any atom is -0.392 e. The Labute approximate surface area is 140 Å². The number of aliphatic hydroxyl groups excluding tert-OH is 1.